The highest BCUT2D eigenvalue weighted by atomic mass is 35.5. The Morgan fingerprint density at radius 3 is 3.05 bits per heavy atom. The van der Waals surface area contributed by atoms with Crippen LogP contribution in [0.2, 0.25) is 5.02 Å². The van der Waals surface area contributed by atoms with Gasteiger partial charge in [-0.05, 0) is 31.6 Å². The van der Waals surface area contributed by atoms with E-state index in [0.717, 1.165) is 12.8 Å². The second-order valence-corrected chi connectivity index (χ2v) is 6.27. The number of nitrogens with zero attached hydrogens (tertiary/aromatic N) is 1. The average Bonchev–Trinajstić information content (AvgIpc) is 2.41. The van der Waals surface area contributed by atoms with E-state index in [0.29, 0.717) is 17.1 Å². The molecule has 2 atom stereocenters. The maximum absolute atomic E-state index is 11.0. The largest absolute Gasteiger partial charge is 0.478 e. The molecule has 1 heterocycles. The molecule has 1 aliphatic carbocycles. The minimum absolute atomic E-state index is 0.0939. The lowest BCUT2D eigenvalue weighted by molar-refractivity contribution is 0.0697. The molecular formula is C13H17ClN2O2S. The molecule has 0 aromatic carbocycles. The molecule has 1 aliphatic rings. The number of rotatable bonds is 4. The number of carboxylic acid groups (broad SMARTS) is 1. The minimum Gasteiger partial charge on any atom is -0.478 e. The summed E-state index contributed by atoms with van der Waals surface area (Å²) < 4.78 is 0. The number of aromatic carboxylic acids is 1. The molecule has 0 radical (unpaired) electrons. The van der Waals surface area contributed by atoms with Crippen molar-refractivity contribution < 1.29 is 9.90 Å². The molecule has 0 spiro atoms. The van der Waals surface area contributed by atoms with Gasteiger partial charge in [0.15, 0.2) is 0 Å². The molecule has 2 unspecified atom stereocenters. The Labute approximate surface area is 121 Å². The molecule has 1 saturated carbocycles. The summed E-state index contributed by atoms with van der Waals surface area (Å²) >= 11 is 7.70. The van der Waals surface area contributed by atoms with E-state index in [1.165, 1.54) is 25.1 Å². The fourth-order valence-electron chi connectivity index (χ4n) is 2.38. The quantitative estimate of drug-likeness (QED) is 0.891. The molecule has 0 saturated heterocycles. The molecule has 4 nitrogen and oxygen atoms in total. The average molecular weight is 301 g/mol. The van der Waals surface area contributed by atoms with Gasteiger partial charge in [-0.1, -0.05) is 18.0 Å². The lowest BCUT2D eigenvalue weighted by atomic mass is 9.95. The van der Waals surface area contributed by atoms with Crippen LogP contribution in [0.1, 0.15) is 36.0 Å². The lowest BCUT2D eigenvalue weighted by Gasteiger charge is -2.29. The van der Waals surface area contributed by atoms with Crippen LogP contribution in [0.5, 0.6) is 0 Å². The zero-order valence-corrected chi connectivity index (χ0v) is 12.3. The second kappa shape index (κ2) is 6.48. The Bertz CT molecular complexity index is 470. The van der Waals surface area contributed by atoms with Crippen LogP contribution in [-0.2, 0) is 0 Å². The first-order valence-electron chi connectivity index (χ1n) is 6.28. The third-order valence-electron chi connectivity index (χ3n) is 3.40. The van der Waals surface area contributed by atoms with Crippen LogP contribution in [-0.4, -0.2) is 33.6 Å². The summed E-state index contributed by atoms with van der Waals surface area (Å²) in [7, 11) is 0. The third kappa shape index (κ3) is 3.76. The summed E-state index contributed by atoms with van der Waals surface area (Å²) in [5.41, 5.74) is 0.0939. The normalized spacial score (nSPS) is 23.1. The molecule has 0 aliphatic heterocycles. The van der Waals surface area contributed by atoms with Gasteiger partial charge in [0.1, 0.15) is 5.82 Å². The van der Waals surface area contributed by atoms with E-state index in [4.69, 9.17) is 16.7 Å². The number of pyridine rings is 1. The van der Waals surface area contributed by atoms with Gasteiger partial charge in [-0.3, -0.25) is 0 Å². The summed E-state index contributed by atoms with van der Waals surface area (Å²) in [5.74, 6) is -0.436. The van der Waals surface area contributed by atoms with Gasteiger partial charge in [0.25, 0.3) is 0 Å². The first-order valence-corrected chi connectivity index (χ1v) is 7.95. The first kappa shape index (κ1) is 14.5. The van der Waals surface area contributed by atoms with E-state index in [2.05, 4.69) is 16.6 Å². The molecule has 2 rings (SSSR count). The van der Waals surface area contributed by atoms with Crippen LogP contribution in [0.25, 0.3) is 0 Å². The fraction of sp³-hybridized carbons (Fsp3) is 0.538. The highest BCUT2D eigenvalue weighted by Crippen LogP contribution is 2.29. The number of carboxylic acids is 1. The van der Waals surface area contributed by atoms with Gasteiger partial charge in [0.2, 0.25) is 0 Å². The molecule has 0 bridgehead atoms. The van der Waals surface area contributed by atoms with Gasteiger partial charge >= 0.3 is 5.97 Å². The molecule has 2 N–H and O–H groups in total. The number of hydrogen-bond donors (Lipinski definition) is 2. The standard InChI is InChI=1S/C13H17ClN2O2S/c1-19-9-4-2-3-8(5-9)16-12-6-10(13(17)18)11(14)7-15-12/h6-9H,2-5H2,1H3,(H,15,16)(H,17,18). The number of nitrogens with one attached hydrogen (secondary N) is 1. The van der Waals surface area contributed by atoms with Gasteiger partial charge in [0.05, 0.1) is 10.6 Å². The number of anilines is 1. The predicted molar refractivity (Wildman–Crippen MR) is 79.4 cm³/mol. The van der Waals surface area contributed by atoms with Gasteiger partial charge < -0.3 is 10.4 Å². The van der Waals surface area contributed by atoms with E-state index < -0.39 is 5.97 Å². The summed E-state index contributed by atoms with van der Waals surface area (Å²) in [6, 6.07) is 1.87. The monoisotopic (exact) mass is 300 g/mol. The van der Waals surface area contributed by atoms with Crippen molar-refractivity contribution in [3.05, 3.63) is 22.8 Å². The number of hydrogen-bond acceptors (Lipinski definition) is 4. The number of thioether (sulfide) groups is 1. The molecule has 6 heteroatoms. The Balaban J connectivity index is 2.06. The van der Waals surface area contributed by atoms with Crippen molar-refractivity contribution in [3.8, 4) is 0 Å². The Morgan fingerprint density at radius 2 is 2.37 bits per heavy atom. The smallest absolute Gasteiger partial charge is 0.337 e. The van der Waals surface area contributed by atoms with E-state index >= 15 is 0 Å². The lowest BCUT2D eigenvalue weighted by Crippen LogP contribution is -2.28. The maximum Gasteiger partial charge on any atom is 0.337 e. The molecule has 1 fully saturated rings. The van der Waals surface area contributed by atoms with Crippen molar-refractivity contribution in [1.82, 2.24) is 4.98 Å². The van der Waals surface area contributed by atoms with E-state index in [-0.39, 0.29) is 10.6 Å². The van der Waals surface area contributed by atoms with Gasteiger partial charge in [-0.2, -0.15) is 11.8 Å². The van der Waals surface area contributed by atoms with E-state index in [1.54, 1.807) is 0 Å². The summed E-state index contributed by atoms with van der Waals surface area (Å²) in [6.07, 6.45) is 8.17. The predicted octanol–water partition coefficient (Wildman–Crippen LogP) is 3.52. The maximum atomic E-state index is 11.0. The van der Waals surface area contributed by atoms with E-state index in [1.807, 2.05) is 11.8 Å². The Morgan fingerprint density at radius 1 is 1.58 bits per heavy atom. The van der Waals surface area contributed by atoms with Crippen LogP contribution in [0.4, 0.5) is 5.82 Å². The molecule has 0 amide bonds. The van der Waals surface area contributed by atoms with E-state index in [9.17, 15) is 4.79 Å². The van der Waals surface area contributed by atoms with Crippen LogP contribution < -0.4 is 5.32 Å². The van der Waals surface area contributed by atoms with Crippen molar-refractivity contribution in [1.29, 1.82) is 0 Å². The summed E-state index contributed by atoms with van der Waals surface area (Å²) in [6.45, 7) is 0. The number of aromatic nitrogens is 1. The highest BCUT2D eigenvalue weighted by molar-refractivity contribution is 7.99. The van der Waals surface area contributed by atoms with Gasteiger partial charge in [-0.15, -0.1) is 0 Å². The van der Waals surface area contributed by atoms with Crippen molar-refractivity contribution in [3.63, 3.8) is 0 Å². The summed E-state index contributed by atoms with van der Waals surface area (Å²) in [4.78, 5) is 15.2. The zero-order chi connectivity index (χ0) is 13.8. The molecule has 104 valence electrons. The summed E-state index contributed by atoms with van der Waals surface area (Å²) in [5, 5.41) is 13.2. The van der Waals surface area contributed by atoms with Gasteiger partial charge in [-0.25, -0.2) is 9.78 Å². The minimum atomic E-state index is -1.03. The van der Waals surface area contributed by atoms with Crippen LogP contribution >= 0.6 is 23.4 Å². The molecule has 1 aromatic heterocycles. The zero-order valence-electron chi connectivity index (χ0n) is 10.7. The van der Waals surface area contributed by atoms with Crippen molar-refractivity contribution >= 4 is 35.1 Å². The molecular weight excluding hydrogens is 284 g/mol. The number of halogens is 1. The van der Waals surface area contributed by atoms with Crippen LogP contribution in [0.15, 0.2) is 12.3 Å². The molecule has 1 aromatic rings. The Hall–Kier alpha value is -0.940. The van der Waals surface area contributed by atoms with Crippen LogP contribution in [0.3, 0.4) is 0 Å². The Kier molecular flexibility index (Phi) is 4.93. The van der Waals surface area contributed by atoms with Crippen molar-refractivity contribution in [2.45, 2.75) is 37.0 Å². The van der Waals surface area contributed by atoms with Crippen molar-refractivity contribution in [2.75, 3.05) is 11.6 Å². The second-order valence-electron chi connectivity index (χ2n) is 4.72. The van der Waals surface area contributed by atoms with Gasteiger partial charge in [0, 0.05) is 17.5 Å². The molecule has 19 heavy (non-hydrogen) atoms. The topological polar surface area (TPSA) is 62.2 Å². The fourth-order valence-corrected chi connectivity index (χ4v) is 3.39. The SMILES string of the molecule is CSC1CCCC(Nc2cc(C(=O)O)c(Cl)cn2)C1. The van der Waals surface area contributed by atoms with Crippen molar-refractivity contribution in [2.24, 2.45) is 0 Å². The highest BCUT2D eigenvalue weighted by Gasteiger charge is 2.21. The first-order chi connectivity index (χ1) is 9.10. The third-order valence-corrected chi connectivity index (χ3v) is 4.79. The van der Waals surface area contributed by atoms with Crippen LogP contribution in [0, 0.1) is 0 Å². The number of carbonyl (C=O) groups is 1.